The lowest BCUT2D eigenvalue weighted by Crippen LogP contribution is -2.24. The van der Waals surface area contributed by atoms with Crippen LogP contribution in [0, 0.1) is 34.9 Å². The minimum atomic E-state index is -0.377. The molecule has 2 bridgehead atoms. The molecule has 2 fully saturated rings. The van der Waals surface area contributed by atoms with E-state index in [0.29, 0.717) is 18.1 Å². The average molecular weight is 401 g/mol. The summed E-state index contributed by atoms with van der Waals surface area (Å²) < 4.78 is 21.8. The van der Waals surface area contributed by atoms with Crippen LogP contribution in [0.25, 0.3) is 0 Å². The van der Waals surface area contributed by atoms with E-state index < -0.39 is 0 Å². The molecular weight excluding hydrogens is 375 g/mol. The van der Waals surface area contributed by atoms with Crippen LogP contribution in [0.5, 0.6) is 5.75 Å². The highest BCUT2D eigenvalue weighted by atomic mass is 32.2. The van der Waals surface area contributed by atoms with Gasteiger partial charge in [0.15, 0.2) is 22.5 Å². The summed E-state index contributed by atoms with van der Waals surface area (Å²) in [4.78, 5) is 0. The molecule has 2 aliphatic carbocycles. The first-order valence-corrected chi connectivity index (χ1v) is 11.0. The molecule has 1 aromatic heterocycles. The summed E-state index contributed by atoms with van der Waals surface area (Å²) in [6.07, 6.45) is 5.76. The molecule has 1 aromatic carbocycles. The smallest absolute Gasteiger partial charge is 0.191 e. The largest absolute Gasteiger partial charge is 0.483 e. The van der Waals surface area contributed by atoms with E-state index in [1.807, 2.05) is 0 Å². The minimum Gasteiger partial charge on any atom is -0.483 e. The van der Waals surface area contributed by atoms with E-state index in [9.17, 15) is 4.39 Å². The second-order valence-electron chi connectivity index (χ2n) is 7.82. The molecule has 0 saturated heterocycles. The second kappa shape index (κ2) is 8.52. The SMILES string of the molecule is C[C@H]([C@@H]1C[C@H]2CC[C@H]1C2)n1c(COc2ccccc2F)nnc1SCCC#N. The topological polar surface area (TPSA) is 63.7 Å². The number of thioether (sulfide) groups is 1. The minimum absolute atomic E-state index is 0.178. The Labute approximate surface area is 169 Å². The van der Waals surface area contributed by atoms with E-state index in [0.717, 1.165) is 22.8 Å². The first-order valence-electron chi connectivity index (χ1n) is 9.98. The van der Waals surface area contributed by atoms with Crippen molar-refractivity contribution < 1.29 is 9.13 Å². The van der Waals surface area contributed by atoms with E-state index in [4.69, 9.17) is 10.00 Å². The summed E-state index contributed by atoms with van der Waals surface area (Å²) in [6.45, 7) is 2.42. The van der Waals surface area contributed by atoms with Crippen molar-refractivity contribution >= 4 is 11.8 Å². The number of nitrogens with zero attached hydrogens (tertiary/aromatic N) is 4. The van der Waals surface area contributed by atoms with E-state index in [2.05, 4.69) is 27.8 Å². The van der Waals surface area contributed by atoms with E-state index in [1.165, 1.54) is 31.7 Å². The molecule has 28 heavy (non-hydrogen) atoms. The van der Waals surface area contributed by atoms with Gasteiger partial charge in [-0.25, -0.2) is 4.39 Å². The van der Waals surface area contributed by atoms with Gasteiger partial charge in [0, 0.05) is 18.2 Å². The van der Waals surface area contributed by atoms with Gasteiger partial charge in [-0.05, 0) is 56.1 Å². The van der Waals surface area contributed by atoms with Gasteiger partial charge in [0.2, 0.25) is 0 Å². The summed E-state index contributed by atoms with van der Waals surface area (Å²) in [5.41, 5.74) is 0. The molecule has 5 nitrogen and oxygen atoms in total. The predicted octanol–water partition coefficient (Wildman–Crippen LogP) is 5.00. The van der Waals surface area contributed by atoms with Crippen molar-refractivity contribution in [2.75, 3.05) is 5.75 Å². The Morgan fingerprint density at radius 3 is 2.89 bits per heavy atom. The molecule has 1 heterocycles. The summed E-state index contributed by atoms with van der Waals surface area (Å²) in [5.74, 6) is 3.52. The van der Waals surface area contributed by atoms with Crippen molar-refractivity contribution in [1.82, 2.24) is 14.8 Å². The van der Waals surface area contributed by atoms with E-state index in [-0.39, 0.29) is 24.2 Å². The van der Waals surface area contributed by atoms with Gasteiger partial charge in [0.25, 0.3) is 0 Å². The molecule has 0 N–H and O–H groups in total. The highest BCUT2D eigenvalue weighted by molar-refractivity contribution is 7.99. The van der Waals surface area contributed by atoms with Gasteiger partial charge in [0.1, 0.15) is 6.61 Å². The maximum atomic E-state index is 13.9. The number of ether oxygens (including phenoxy) is 1. The number of rotatable bonds is 8. The number of para-hydroxylation sites is 1. The third-order valence-corrected chi connectivity index (χ3v) is 7.14. The number of nitriles is 1. The van der Waals surface area contributed by atoms with Gasteiger partial charge < -0.3 is 4.74 Å². The molecule has 2 aromatic rings. The standard InChI is InChI=1S/C21H25FN4OS/c1-14(17-12-15-7-8-16(17)11-15)26-20(24-25-21(26)28-10-4-9-23)13-27-19-6-3-2-5-18(19)22/h2-3,5-6,14-17H,4,7-8,10-13H2,1H3/t14-,15+,16+,17+/m1/s1. The lowest BCUT2D eigenvalue weighted by atomic mass is 9.84. The molecule has 4 atom stereocenters. The summed E-state index contributed by atoms with van der Waals surface area (Å²) in [5, 5.41) is 18.4. The Morgan fingerprint density at radius 2 is 2.18 bits per heavy atom. The highest BCUT2D eigenvalue weighted by Gasteiger charge is 2.43. The third-order valence-electron chi connectivity index (χ3n) is 6.19. The fraction of sp³-hybridized carbons (Fsp3) is 0.571. The van der Waals surface area contributed by atoms with Crippen molar-refractivity contribution in [3.05, 3.63) is 35.9 Å². The van der Waals surface area contributed by atoms with Crippen LogP contribution in [0.15, 0.2) is 29.4 Å². The van der Waals surface area contributed by atoms with E-state index in [1.54, 1.807) is 30.0 Å². The lowest BCUT2D eigenvalue weighted by Gasteiger charge is -2.30. The van der Waals surface area contributed by atoms with Crippen LogP contribution < -0.4 is 4.74 Å². The van der Waals surface area contributed by atoms with Crippen molar-refractivity contribution in [2.45, 2.75) is 56.8 Å². The average Bonchev–Trinajstić information content (AvgIpc) is 3.43. The molecule has 0 amide bonds. The second-order valence-corrected chi connectivity index (χ2v) is 8.89. The predicted molar refractivity (Wildman–Crippen MR) is 105 cm³/mol. The number of aromatic nitrogens is 3. The normalized spacial score (nSPS) is 24.2. The fourth-order valence-corrected chi connectivity index (χ4v) is 5.77. The molecule has 2 aliphatic rings. The van der Waals surface area contributed by atoms with Crippen LogP contribution in [0.3, 0.4) is 0 Å². The Hall–Kier alpha value is -2.07. The molecule has 0 spiro atoms. The van der Waals surface area contributed by atoms with Gasteiger partial charge in [-0.2, -0.15) is 5.26 Å². The van der Waals surface area contributed by atoms with Gasteiger partial charge in [0.05, 0.1) is 6.07 Å². The maximum absolute atomic E-state index is 13.9. The summed E-state index contributed by atoms with van der Waals surface area (Å²) in [6, 6.07) is 8.86. The number of benzene rings is 1. The first-order chi connectivity index (χ1) is 13.7. The monoisotopic (exact) mass is 400 g/mol. The number of fused-ring (bicyclic) bond motifs is 2. The molecule has 4 rings (SSSR count). The fourth-order valence-electron chi connectivity index (χ4n) is 4.88. The van der Waals surface area contributed by atoms with Crippen molar-refractivity contribution in [2.24, 2.45) is 17.8 Å². The quantitative estimate of drug-likeness (QED) is 0.461. The molecular formula is C21H25FN4OS. The van der Waals surface area contributed by atoms with Crippen molar-refractivity contribution in [1.29, 1.82) is 5.26 Å². The Kier molecular flexibility index (Phi) is 5.86. The third kappa shape index (κ3) is 3.88. The molecule has 0 unspecified atom stereocenters. The van der Waals surface area contributed by atoms with Gasteiger partial charge >= 0.3 is 0 Å². The van der Waals surface area contributed by atoms with Crippen LogP contribution in [0.4, 0.5) is 4.39 Å². The Morgan fingerprint density at radius 1 is 1.32 bits per heavy atom. The molecule has 2 saturated carbocycles. The van der Waals surface area contributed by atoms with Crippen LogP contribution in [-0.2, 0) is 6.61 Å². The van der Waals surface area contributed by atoms with Gasteiger partial charge in [-0.15, -0.1) is 10.2 Å². The number of hydrogen-bond donors (Lipinski definition) is 0. The molecule has 148 valence electrons. The molecule has 0 aliphatic heterocycles. The Balaban J connectivity index is 1.55. The van der Waals surface area contributed by atoms with Crippen LogP contribution in [0.2, 0.25) is 0 Å². The zero-order chi connectivity index (χ0) is 19.5. The lowest BCUT2D eigenvalue weighted by molar-refractivity contribution is 0.215. The summed E-state index contributed by atoms with van der Waals surface area (Å²) >= 11 is 1.56. The number of hydrogen-bond acceptors (Lipinski definition) is 5. The van der Waals surface area contributed by atoms with Crippen LogP contribution >= 0.6 is 11.8 Å². The maximum Gasteiger partial charge on any atom is 0.191 e. The summed E-state index contributed by atoms with van der Waals surface area (Å²) in [7, 11) is 0. The first kappa shape index (κ1) is 19.3. The van der Waals surface area contributed by atoms with Crippen LogP contribution in [-0.4, -0.2) is 20.5 Å². The molecule has 0 radical (unpaired) electrons. The highest BCUT2D eigenvalue weighted by Crippen LogP contribution is 2.52. The van der Waals surface area contributed by atoms with Crippen molar-refractivity contribution in [3.8, 4) is 11.8 Å². The van der Waals surface area contributed by atoms with Crippen LogP contribution in [0.1, 0.15) is 50.9 Å². The number of halogens is 1. The Bertz CT molecular complexity index is 864. The zero-order valence-corrected chi connectivity index (χ0v) is 16.9. The van der Waals surface area contributed by atoms with Gasteiger partial charge in [-0.3, -0.25) is 4.57 Å². The van der Waals surface area contributed by atoms with Crippen molar-refractivity contribution in [3.63, 3.8) is 0 Å². The van der Waals surface area contributed by atoms with Gasteiger partial charge in [-0.1, -0.05) is 30.3 Å². The zero-order valence-electron chi connectivity index (χ0n) is 16.1. The molecule has 7 heteroatoms. The van der Waals surface area contributed by atoms with E-state index >= 15 is 0 Å².